The lowest BCUT2D eigenvalue weighted by Crippen LogP contribution is -2.48. The van der Waals surface area contributed by atoms with Crippen LogP contribution in [0.5, 0.6) is 0 Å². The molecule has 0 spiro atoms. The molecule has 1 rings (SSSR count). The molecule has 8 heteroatoms. The average Bonchev–Trinajstić information content (AvgIpc) is 2.78. The quantitative estimate of drug-likeness (QED) is 0.680. The van der Waals surface area contributed by atoms with Gasteiger partial charge in [0.15, 0.2) is 5.76 Å². The van der Waals surface area contributed by atoms with E-state index in [-0.39, 0.29) is 17.4 Å². The first-order valence-electron chi connectivity index (χ1n) is 5.28. The van der Waals surface area contributed by atoms with E-state index in [0.717, 1.165) is 0 Å². The fourth-order valence-electron chi connectivity index (χ4n) is 1.11. The van der Waals surface area contributed by atoms with Crippen LogP contribution in [-0.4, -0.2) is 33.5 Å². The van der Waals surface area contributed by atoms with E-state index in [2.05, 4.69) is 10.0 Å². The van der Waals surface area contributed by atoms with Gasteiger partial charge in [-0.3, -0.25) is 4.79 Å². The highest BCUT2D eigenvalue weighted by atomic mass is 32.2. The maximum absolute atomic E-state index is 11.8. The lowest BCUT2D eigenvalue weighted by Gasteiger charge is -2.23. The second-order valence-electron chi connectivity index (χ2n) is 4.37. The summed E-state index contributed by atoms with van der Waals surface area (Å²) in [6.07, 6.45) is 0. The van der Waals surface area contributed by atoms with E-state index >= 15 is 0 Å². The molecule has 0 radical (unpaired) electrons. The van der Waals surface area contributed by atoms with Gasteiger partial charge in [-0.1, -0.05) is 0 Å². The summed E-state index contributed by atoms with van der Waals surface area (Å²) in [5.41, 5.74) is 4.89. The van der Waals surface area contributed by atoms with E-state index in [1.807, 2.05) is 0 Å². The number of carbonyl (C=O) groups is 1. The predicted octanol–water partition coefficient (Wildman–Crippen LogP) is -0.345. The molecule has 0 bridgehead atoms. The number of amides is 1. The topological polar surface area (TPSA) is 114 Å². The number of rotatable bonds is 5. The summed E-state index contributed by atoms with van der Waals surface area (Å²) in [4.78, 5) is 11.8. The van der Waals surface area contributed by atoms with Crippen molar-refractivity contribution < 1.29 is 17.6 Å². The minimum Gasteiger partial charge on any atom is -0.438 e. The van der Waals surface area contributed by atoms with Crippen LogP contribution in [0.1, 0.15) is 24.4 Å². The summed E-state index contributed by atoms with van der Waals surface area (Å²) in [7, 11) is -2.42. The molecular weight excluding hydrogens is 258 g/mol. The highest BCUT2D eigenvalue weighted by molar-refractivity contribution is 7.89. The van der Waals surface area contributed by atoms with E-state index < -0.39 is 21.5 Å². The molecule has 0 saturated carbocycles. The van der Waals surface area contributed by atoms with E-state index in [1.54, 1.807) is 13.8 Å². The van der Waals surface area contributed by atoms with Crippen LogP contribution >= 0.6 is 0 Å². The number of carbonyl (C=O) groups excluding carboxylic acids is 1. The molecule has 0 saturated heterocycles. The molecule has 0 atom stereocenters. The van der Waals surface area contributed by atoms with Crippen LogP contribution in [0.4, 0.5) is 0 Å². The monoisotopic (exact) mass is 275 g/mol. The van der Waals surface area contributed by atoms with E-state index in [0.29, 0.717) is 0 Å². The lowest BCUT2D eigenvalue weighted by molar-refractivity contribution is 0.0882. The standard InChI is InChI=1S/C10H17N3O4S/c1-10(2,6-11)13-9(14)7-4-5-8(17-7)18(15,16)12-3/h4-5,12H,6,11H2,1-3H3,(H,13,14). The van der Waals surface area contributed by atoms with Gasteiger partial charge < -0.3 is 15.5 Å². The molecule has 1 aromatic heterocycles. The van der Waals surface area contributed by atoms with Crippen LogP contribution in [0.25, 0.3) is 0 Å². The Hall–Kier alpha value is -1.38. The molecular formula is C10H17N3O4S. The molecule has 18 heavy (non-hydrogen) atoms. The third kappa shape index (κ3) is 3.31. The average molecular weight is 275 g/mol. The van der Waals surface area contributed by atoms with Gasteiger partial charge in [0.2, 0.25) is 5.09 Å². The van der Waals surface area contributed by atoms with Crippen molar-refractivity contribution in [3.63, 3.8) is 0 Å². The Kier molecular flexibility index (Phi) is 4.15. The second kappa shape index (κ2) is 5.09. The normalized spacial score (nSPS) is 12.4. The maximum Gasteiger partial charge on any atom is 0.287 e. The number of hydrogen-bond donors (Lipinski definition) is 3. The Balaban J connectivity index is 2.91. The molecule has 1 heterocycles. The van der Waals surface area contributed by atoms with Crippen LogP contribution in [0.3, 0.4) is 0 Å². The van der Waals surface area contributed by atoms with Gasteiger partial charge in [0.1, 0.15) is 0 Å². The molecule has 0 aliphatic carbocycles. The second-order valence-corrected chi connectivity index (χ2v) is 6.19. The molecule has 0 aromatic carbocycles. The number of sulfonamides is 1. The van der Waals surface area contributed by atoms with Gasteiger partial charge in [-0.15, -0.1) is 0 Å². The fourth-order valence-corrected chi connectivity index (χ4v) is 1.76. The zero-order valence-corrected chi connectivity index (χ0v) is 11.3. The van der Waals surface area contributed by atoms with Gasteiger partial charge in [-0.25, -0.2) is 13.1 Å². The Morgan fingerprint density at radius 1 is 1.44 bits per heavy atom. The van der Waals surface area contributed by atoms with Crippen LogP contribution in [-0.2, 0) is 10.0 Å². The fraction of sp³-hybridized carbons (Fsp3) is 0.500. The number of furan rings is 1. The smallest absolute Gasteiger partial charge is 0.287 e. The Labute approximate surface area is 106 Å². The van der Waals surface area contributed by atoms with E-state index in [4.69, 9.17) is 10.2 Å². The van der Waals surface area contributed by atoms with Gasteiger partial charge >= 0.3 is 0 Å². The summed E-state index contributed by atoms with van der Waals surface area (Å²) in [6, 6.07) is 2.52. The van der Waals surface area contributed by atoms with Crippen molar-refractivity contribution in [1.82, 2.24) is 10.0 Å². The molecule has 0 fully saturated rings. The van der Waals surface area contributed by atoms with E-state index in [1.165, 1.54) is 19.2 Å². The molecule has 102 valence electrons. The van der Waals surface area contributed by atoms with Crippen molar-refractivity contribution in [3.05, 3.63) is 17.9 Å². The molecule has 1 aromatic rings. The first kappa shape index (κ1) is 14.7. The van der Waals surface area contributed by atoms with Crippen LogP contribution < -0.4 is 15.8 Å². The molecule has 1 amide bonds. The summed E-state index contributed by atoms with van der Waals surface area (Å²) < 4.78 is 29.9. The van der Waals surface area contributed by atoms with E-state index in [9.17, 15) is 13.2 Å². The highest BCUT2D eigenvalue weighted by Crippen LogP contribution is 2.14. The Bertz CT molecular complexity index is 533. The lowest BCUT2D eigenvalue weighted by atomic mass is 10.1. The highest BCUT2D eigenvalue weighted by Gasteiger charge is 2.23. The first-order valence-corrected chi connectivity index (χ1v) is 6.76. The van der Waals surface area contributed by atoms with Crippen LogP contribution in [0.15, 0.2) is 21.6 Å². The Morgan fingerprint density at radius 3 is 2.56 bits per heavy atom. The van der Waals surface area contributed by atoms with Gasteiger partial charge in [0.25, 0.3) is 15.9 Å². The minimum atomic E-state index is -3.68. The minimum absolute atomic E-state index is 0.0784. The van der Waals surface area contributed by atoms with Crippen molar-refractivity contribution in [2.45, 2.75) is 24.5 Å². The summed E-state index contributed by atoms with van der Waals surface area (Å²) in [5.74, 6) is -0.589. The van der Waals surface area contributed by atoms with Crippen LogP contribution in [0.2, 0.25) is 0 Å². The predicted molar refractivity (Wildman–Crippen MR) is 65.6 cm³/mol. The van der Waals surface area contributed by atoms with Crippen molar-refractivity contribution in [2.75, 3.05) is 13.6 Å². The first-order chi connectivity index (χ1) is 8.22. The maximum atomic E-state index is 11.8. The molecule has 0 aliphatic heterocycles. The summed E-state index contributed by atoms with van der Waals surface area (Å²) >= 11 is 0. The number of hydrogen-bond acceptors (Lipinski definition) is 5. The van der Waals surface area contributed by atoms with Crippen LogP contribution in [0, 0.1) is 0 Å². The van der Waals surface area contributed by atoms with Crippen molar-refractivity contribution >= 4 is 15.9 Å². The van der Waals surface area contributed by atoms with Gasteiger partial charge in [0.05, 0.1) is 0 Å². The van der Waals surface area contributed by atoms with Gasteiger partial charge in [-0.2, -0.15) is 0 Å². The summed E-state index contributed by atoms with van der Waals surface area (Å²) in [6.45, 7) is 3.75. The molecule has 4 N–H and O–H groups in total. The third-order valence-electron chi connectivity index (χ3n) is 2.30. The van der Waals surface area contributed by atoms with Crippen molar-refractivity contribution in [1.29, 1.82) is 0 Å². The SMILES string of the molecule is CNS(=O)(=O)c1ccc(C(=O)NC(C)(C)CN)o1. The summed E-state index contributed by atoms with van der Waals surface area (Å²) in [5, 5.41) is 2.33. The van der Waals surface area contributed by atoms with Gasteiger partial charge in [0, 0.05) is 12.1 Å². The van der Waals surface area contributed by atoms with Crippen molar-refractivity contribution in [2.24, 2.45) is 5.73 Å². The van der Waals surface area contributed by atoms with Gasteiger partial charge in [-0.05, 0) is 33.0 Å². The molecule has 7 nitrogen and oxygen atoms in total. The molecule has 0 unspecified atom stereocenters. The van der Waals surface area contributed by atoms with Crippen molar-refractivity contribution in [3.8, 4) is 0 Å². The zero-order chi connectivity index (χ0) is 14.0. The zero-order valence-electron chi connectivity index (χ0n) is 10.5. The third-order valence-corrected chi connectivity index (χ3v) is 3.59. The molecule has 0 aliphatic rings. The largest absolute Gasteiger partial charge is 0.438 e. The Morgan fingerprint density at radius 2 is 2.06 bits per heavy atom. The number of nitrogens with one attached hydrogen (secondary N) is 2. The number of nitrogens with two attached hydrogens (primary N) is 1.